The maximum absolute atomic E-state index is 10.9. The molecular formula is C10H16N2O. The van der Waals surface area contributed by atoms with E-state index in [1.54, 1.807) is 0 Å². The Balaban J connectivity index is 2.66. The molecule has 0 bridgehead atoms. The Morgan fingerprint density at radius 1 is 1.31 bits per heavy atom. The molecule has 1 amide bonds. The minimum absolute atomic E-state index is 0.0940. The van der Waals surface area contributed by atoms with Crippen LogP contribution in [0.5, 0.6) is 0 Å². The lowest BCUT2D eigenvalue weighted by molar-refractivity contribution is -0.120. The molecule has 0 saturated heterocycles. The van der Waals surface area contributed by atoms with Crippen LogP contribution in [-0.2, 0) is 4.79 Å². The zero-order valence-corrected chi connectivity index (χ0v) is 8.10. The van der Waals surface area contributed by atoms with Gasteiger partial charge in [-0.1, -0.05) is 25.7 Å². The fourth-order valence-electron chi connectivity index (χ4n) is 1.93. The minimum atomic E-state index is -0.567. The van der Waals surface area contributed by atoms with Crippen LogP contribution in [0.2, 0.25) is 0 Å². The van der Waals surface area contributed by atoms with Crippen LogP contribution >= 0.6 is 0 Å². The van der Waals surface area contributed by atoms with E-state index in [1.807, 2.05) is 0 Å². The van der Waals surface area contributed by atoms with E-state index in [0.717, 1.165) is 25.7 Å². The van der Waals surface area contributed by atoms with Gasteiger partial charge in [0.1, 0.15) is 5.54 Å². The Labute approximate surface area is 79.1 Å². The number of carbonyl (C=O) groups excluding carboxylic acids is 1. The van der Waals surface area contributed by atoms with E-state index in [1.165, 1.54) is 19.8 Å². The lowest BCUT2D eigenvalue weighted by Crippen LogP contribution is -2.45. The van der Waals surface area contributed by atoms with Gasteiger partial charge in [0.25, 0.3) is 0 Å². The van der Waals surface area contributed by atoms with Crippen LogP contribution in [0.1, 0.15) is 45.4 Å². The van der Waals surface area contributed by atoms with Crippen LogP contribution in [0.15, 0.2) is 0 Å². The van der Waals surface area contributed by atoms with Crippen molar-refractivity contribution in [1.29, 1.82) is 5.26 Å². The molecule has 0 heterocycles. The van der Waals surface area contributed by atoms with E-state index >= 15 is 0 Å². The van der Waals surface area contributed by atoms with Gasteiger partial charge in [-0.3, -0.25) is 4.79 Å². The highest BCUT2D eigenvalue weighted by molar-refractivity contribution is 5.74. The Morgan fingerprint density at radius 2 is 1.85 bits per heavy atom. The highest BCUT2D eigenvalue weighted by Crippen LogP contribution is 2.26. The Morgan fingerprint density at radius 3 is 2.23 bits per heavy atom. The fraction of sp³-hybridized carbons (Fsp3) is 0.800. The third kappa shape index (κ3) is 2.73. The number of amides is 1. The molecule has 1 N–H and O–H groups in total. The van der Waals surface area contributed by atoms with Crippen molar-refractivity contribution in [2.75, 3.05) is 0 Å². The third-order valence-corrected chi connectivity index (χ3v) is 2.59. The van der Waals surface area contributed by atoms with Gasteiger partial charge in [-0.2, -0.15) is 5.26 Å². The first kappa shape index (κ1) is 10.0. The molecule has 1 rings (SSSR count). The van der Waals surface area contributed by atoms with Crippen molar-refractivity contribution >= 4 is 5.91 Å². The molecule has 0 atom stereocenters. The third-order valence-electron chi connectivity index (χ3n) is 2.59. The van der Waals surface area contributed by atoms with Crippen molar-refractivity contribution in [3.05, 3.63) is 0 Å². The predicted molar refractivity (Wildman–Crippen MR) is 49.9 cm³/mol. The standard InChI is InChI=1S/C10H16N2O/c1-9(13)12-10(8-11)6-4-2-3-5-7-10/h2-7H2,1H3,(H,12,13). The molecule has 0 aromatic heterocycles. The van der Waals surface area contributed by atoms with E-state index in [9.17, 15) is 4.79 Å². The largest absolute Gasteiger partial charge is 0.338 e. The number of hydrogen-bond acceptors (Lipinski definition) is 2. The second-order valence-electron chi connectivity index (χ2n) is 3.79. The molecule has 0 aliphatic heterocycles. The average molecular weight is 180 g/mol. The van der Waals surface area contributed by atoms with E-state index in [4.69, 9.17) is 5.26 Å². The molecule has 72 valence electrons. The smallest absolute Gasteiger partial charge is 0.218 e. The number of nitrogens with one attached hydrogen (secondary N) is 1. The second kappa shape index (κ2) is 4.27. The van der Waals surface area contributed by atoms with Crippen molar-refractivity contribution in [3.8, 4) is 6.07 Å². The average Bonchev–Trinajstić information content (AvgIpc) is 2.30. The normalized spacial score (nSPS) is 21.2. The van der Waals surface area contributed by atoms with Crippen molar-refractivity contribution < 1.29 is 4.79 Å². The lowest BCUT2D eigenvalue weighted by atomic mass is 9.92. The van der Waals surface area contributed by atoms with E-state index in [0.29, 0.717) is 0 Å². The topological polar surface area (TPSA) is 52.9 Å². The van der Waals surface area contributed by atoms with E-state index < -0.39 is 5.54 Å². The van der Waals surface area contributed by atoms with Crippen LogP contribution in [0.25, 0.3) is 0 Å². The molecular weight excluding hydrogens is 164 g/mol. The summed E-state index contributed by atoms with van der Waals surface area (Å²) in [6, 6.07) is 2.26. The molecule has 1 fully saturated rings. The molecule has 1 saturated carbocycles. The lowest BCUT2D eigenvalue weighted by Gasteiger charge is -2.25. The summed E-state index contributed by atoms with van der Waals surface area (Å²) in [5.74, 6) is -0.0940. The molecule has 1 aliphatic rings. The van der Waals surface area contributed by atoms with Gasteiger partial charge in [-0.25, -0.2) is 0 Å². The van der Waals surface area contributed by atoms with Gasteiger partial charge in [0.05, 0.1) is 6.07 Å². The summed E-state index contributed by atoms with van der Waals surface area (Å²) in [5.41, 5.74) is -0.567. The highest BCUT2D eigenvalue weighted by atomic mass is 16.1. The number of nitriles is 1. The molecule has 1 aliphatic carbocycles. The van der Waals surface area contributed by atoms with Crippen LogP contribution in [0.4, 0.5) is 0 Å². The van der Waals surface area contributed by atoms with Gasteiger partial charge in [0.15, 0.2) is 0 Å². The van der Waals surface area contributed by atoms with Crippen molar-refractivity contribution in [3.63, 3.8) is 0 Å². The number of rotatable bonds is 1. The first-order valence-electron chi connectivity index (χ1n) is 4.88. The van der Waals surface area contributed by atoms with Crippen LogP contribution in [-0.4, -0.2) is 11.4 Å². The predicted octanol–water partition coefficient (Wildman–Crippen LogP) is 1.74. The minimum Gasteiger partial charge on any atom is -0.338 e. The summed E-state index contributed by atoms with van der Waals surface area (Å²) in [6.07, 6.45) is 6.08. The molecule has 0 unspecified atom stereocenters. The van der Waals surface area contributed by atoms with Crippen molar-refractivity contribution in [1.82, 2.24) is 5.32 Å². The van der Waals surface area contributed by atoms with Crippen LogP contribution in [0, 0.1) is 11.3 Å². The van der Waals surface area contributed by atoms with Crippen LogP contribution < -0.4 is 5.32 Å². The van der Waals surface area contributed by atoms with Gasteiger partial charge in [-0.05, 0) is 12.8 Å². The zero-order chi connectivity index (χ0) is 9.73. The van der Waals surface area contributed by atoms with Crippen LogP contribution in [0.3, 0.4) is 0 Å². The molecule has 0 aromatic carbocycles. The van der Waals surface area contributed by atoms with Gasteiger partial charge in [-0.15, -0.1) is 0 Å². The zero-order valence-electron chi connectivity index (χ0n) is 8.10. The van der Waals surface area contributed by atoms with Gasteiger partial charge in [0, 0.05) is 6.92 Å². The molecule has 13 heavy (non-hydrogen) atoms. The quantitative estimate of drug-likeness (QED) is 0.625. The maximum Gasteiger partial charge on any atom is 0.218 e. The second-order valence-corrected chi connectivity index (χ2v) is 3.79. The summed E-state index contributed by atoms with van der Waals surface area (Å²) < 4.78 is 0. The molecule has 3 nitrogen and oxygen atoms in total. The summed E-state index contributed by atoms with van der Waals surface area (Å²) >= 11 is 0. The summed E-state index contributed by atoms with van der Waals surface area (Å²) in [6.45, 7) is 1.48. The summed E-state index contributed by atoms with van der Waals surface area (Å²) in [5, 5.41) is 11.8. The fourth-order valence-corrected chi connectivity index (χ4v) is 1.93. The molecule has 0 radical (unpaired) electrons. The van der Waals surface area contributed by atoms with E-state index in [2.05, 4.69) is 11.4 Å². The monoisotopic (exact) mass is 180 g/mol. The Hall–Kier alpha value is -1.04. The molecule has 0 spiro atoms. The van der Waals surface area contributed by atoms with Crippen molar-refractivity contribution in [2.24, 2.45) is 0 Å². The van der Waals surface area contributed by atoms with Crippen molar-refractivity contribution in [2.45, 2.75) is 51.0 Å². The first-order valence-corrected chi connectivity index (χ1v) is 4.88. The van der Waals surface area contributed by atoms with Gasteiger partial charge < -0.3 is 5.32 Å². The molecule has 3 heteroatoms. The number of nitrogens with zero attached hydrogens (tertiary/aromatic N) is 1. The Kier molecular flexibility index (Phi) is 3.30. The maximum atomic E-state index is 10.9. The summed E-state index contributed by atoms with van der Waals surface area (Å²) in [4.78, 5) is 10.9. The first-order chi connectivity index (χ1) is 6.18. The van der Waals surface area contributed by atoms with Gasteiger partial charge in [0.2, 0.25) is 5.91 Å². The van der Waals surface area contributed by atoms with Gasteiger partial charge >= 0.3 is 0 Å². The highest BCUT2D eigenvalue weighted by Gasteiger charge is 2.31. The number of carbonyl (C=O) groups is 1. The molecule has 0 aromatic rings. The van der Waals surface area contributed by atoms with E-state index in [-0.39, 0.29) is 5.91 Å². The summed E-state index contributed by atoms with van der Waals surface area (Å²) in [7, 11) is 0. The number of hydrogen-bond donors (Lipinski definition) is 1. The SMILES string of the molecule is CC(=O)NC1(C#N)CCCCCC1. The Bertz CT molecular complexity index is 222.